The van der Waals surface area contributed by atoms with E-state index in [0.717, 1.165) is 65.6 Å². The fourth-order valence-electron chi connectivity index (χ4n) is 3.76. The Morgan fingerprint density at radius 1 is 1.00 bits per heavy atom. The topological polar surface area (TPSA) is 48.3 Å². The lowest BCUT2D eigenvalue weighted by molar-refractivity contribution is 0.171. The molecular formula is C21H19Cl2N3O2. The minimum absolute atomic E-state index is 0.531. The van der Waals surface area contributed by atoms with Gasteiger partial charge in [0.15, 0.2) is 11.5 Å². The van der Waals surface area contributed by atoms with Gasteiger partial charge in [0.25, 0.3) is 0 Å². The Bertz CT molecular complexity index is 1050. The third kappa shape index (κ3) is 2.99. The van der Waals surface area contributed by atoms with Crippen LogP contribution in [0, 0.1) is 0 Å². The van der Waals surface area contributed by atoms with Crippen molar-refractivity contribution in [3.63, 3.8) is 0 Å². The van der Waals surface area contributed by atoms with E-state index in [-0.39, 0.29) is 0 Å². The number of hydrogen-bond acceptors (Lipinski definition) is 4. The average molecular weight is 416 g/mol. The van der Waals surface area contributed by atoms with Crippen molar-refractivity contribution in [2.75, 3.05) is 25.1 Å². The van der Waals surface area contributed by atoms with Gasteiger partial charge in [-0.2, -0.15) is 5.10 Å². The van der Waals surface area contributed by atoms with Crippen molar-refractivity contribution in [2.45, 2.75) is 19.3 Å². The van der Waals surface area contributed by atoms with Crippen molar-refractivity contribution in [1.29, 1.82) is 0 Å². The number of rotatable bonds is 2. The summed E-state index contributed by atoms with van der Waals surface area (Å²) in [6.07, 6.45) is 3.14. The van der Waals surface area contributed by atoms with Gasteiger partial charge < -0.3 is 14.8 Å². The molecule has 0 saturated carbocycles. The number of hydrogen-bond donors (Lipinski definition) is 1. The van der Waals surface area contributed by atoms with E-state index < -0.39 is 0 Å². The first-order valence-electron chi connectivity index (χ1n) is 9.42. The van der Waals surface area contributed by atoms with E-state index in [2.05, 4.69) is 5.32 Å². The maximum absolute atomic E-state index is 6.52. The van der Waals surface area contributed by atoms with Gasteiger partial charge in [0.1, 0.15) is 19.0 Å². The second-order valence-electron chi connectivity index (χ2n) is 6.90. The van der Waals surface area contributed by atoms with Crippen LogP contribution in [0.25, 0.3) is 16.9 Å². The number of nitrogens with one attached hydrogen (secondary N) is 1. The zero-order valence-corrected chi connectivity index (χ0v) is 16.7. The van der Waals surface area contributed by atoms with Crippen LogP contribution in [0.2, 0.25) is 10.0 Å². The van der Waals surface area contributed by atoms with Gasteiger partial charge in [0.2, 0.25) is 0 Å². The van der Waals surface area contributed by atoms with Gasteiger partial charge in [0.05, 0.1) is 21.4 Å². The zero-order valence-electron chi connectivity index (χ0n) is 15.2. The quantitative estimate of drug-likeness (QED) is 0.611. The molecule has 2 aromatic carbocycles. The minimum Gasteiger partial charge on any atom is -0.486 e. The van der Waals surface area contributed by atoms with E-state index in [1.54, 1.807) is 6.07 Å². The Hall–Kier alpha value is -2.37. The minimum atomic E-state index is 0.531. The summed E-state index contributed by atoms with van der Waals surface area (Å²) in [4.78, 5) is 0. The van der Waals surface area contributed by atoms with Crippen LogP contribution in [-0.2, 0) is 6.42 Å². The van der Waals surface area contributed by atoms with Crippen molar-refractivity contribution in [2.24, 2.45) is 0 Å². The lowest BCUT2D eigenvalue weighted by Crippen LogP contribution is -2.15. The largest absolute Gasteiger partial charge is 0.486 e. The number of fused-ring (bicyclic) bond motifs is 2. The molecule has 0 fully saturated rings. The maximum atomic E-state index is 6.52. The number of ether oxygens (including phenoxy) is 2. The second kappa shape index (κ2) is 7.22. The highest BCUT2D eigenvalue weighted by Crippen LogP contribution is 2.40. The van der Waals surface area contributed by atoms with Gasteiger partial charge in [-0.05, 0) is 37.5 Å². The molecule has 1 N–H and O–H groups in total. The van der Waals surface area contributed by atoms with E-state index in [1.165, 1.54) is 0 Å². The molecule has 0 radical (unpaired) electrons. The van der Waals surface area contributed by atoms with Crippen LogP contribution < -0.4 is 14.8 Å². The molecule has 2 aliphatic heterocycles. The van der Waals surface area contributed by atoms with Crippen LogP contribution in [-0.4, -0.2) is 29.5 Å². The van der Waals surface area contributed by atoms with E-state index in [0.29, 0.717) is 23.3 Å². The Morgan fingerprint density at radius 2 is 1.86 bits per heavy atom. The van der Waals surface area contributed by atoms with Crippen LogP contribution in [0.5, 0.6) is 11.5 Å². The first-order chi connectivity index (χ1) is 13.7. The summed E-state index contributed by atoms with van der Waals surface area (Å²) in [7, 11) is 0. The zero-order chi connectivity index (χ0) is 19.1. The van der Waals surface area contributed by atoms with Crippen molar-refractivity contribution in [1.82, 2.24) is 9.78 Å². The lowest BCUT2D eigenvalue weighted by atomic mass is 10.0. The molecule has 5 rings (SSSR count). The number of anilines is 1. The molecule has 144 valence electrons. The summed E-state index contributed by atoms with van der Waals surface area (Å²) in [6, 6.07) is 11.6. The third-order valence-corrected chi connectivity index (χ3v) is 5.93. The maximum Gasteiger partial charge on any atom is 0.163 e. The number of halogens is 2. The SMILES string of the molecule is Clc1cccc(-c2nn(-c3ccc4c(c3)OCCO4)c3c2CCCCN3)c1Cl. The Kier molecular flexibility index (Phi) is 4.57. The molecule has 0 saturated heterocycles. The van der Waals surface area contributed by atoms with Gasteiger partial charge in [-0.3, -0.25) is 0 Å². The van der Waals surface area contributed by atoms with Crippen molar-refractivity contribution in [3.05, 3.63) is 52.0 Å². The highest BCUT2D eigenvalue weighted by molar-refractivity contribution is 6.43. The van der Waals surface area contributed by atoms with Gasteiger partial charge in [-0.15, -0.1) is 0 Å². The summed E-state index contributed by atoms with van der Waals surface area (Å²) < 4.78 is 13.3. The molecule has 0 amide bonds. The van der Waals surface area contributed by atoms with Crippen molar-refractivity contribution in [3.8, 4) is 28.4 Å². The first kappa shape index (κ1) is 17.7. The van der Waals surface area contributed by atoms with Crippen molar-refractivity contribution < 1.29 is 9.47 Å². The summed E-state index contributed by atoms with van der Waals surface area (Å²) in [5.74, 6) is 2.50. The van der Waals surface area contributed by atoms with E-state index in [4.69, 9.17) is 37.8 Å². The standard InChI is InChI=1S/C21H19Cl2N3O2/c22-16-6-3-5-14(19(16)23)20-15-4-1-2-9-24-21(15)26(25-20)13-7-8-17-18(12-13)28-11-10-27-17/h3,5-8,12,24H,1-2,4,9-11H2. The van der Waals surface area contributed by atoms with Crippen LogP contribution in [0.4, 0.5) is 5.82 Å². The smallest absolute Gasteiger partial charge is 0.163 e. The van der Waals surface area contributed by atoms with Crippen LogP contribution >= 0.6 is 23.2 Å². The van der Waals surface area contributed by atoms with Gasteiger partial charge in [-0.25, -0.2) is 4.68 Å². The van der Waals surface area contributed by atoms with Gasteiger partial charge >= 0.3 is 0 Å². The molecule has 1 aromatic heterocycles. The number of benzene rings is 2. The Labute approximate surface area is 173 Å². The summed E-state index contributed by atoms with van der Waals surface area (Å²) in [5, 5.41) is 9.55. The van der Waals surface area contributed by atoms with Gasteiger partial charge in [-0.1, -0.05) is 35.3 Å². The lowest BCUT2D eigenvalue weighted by Gasteiger charge is -2.19. The van der Waals surface area contributed by atoms with E-state index in [9.17, 15) is 0 Å². The Balaban J connectivity index is 1.69. The van der Waals surface area contributed by atoms with Crippen LogP contribution in [0.1, 0.15) is 18.4 Å². The molecule has 7 heteroatoms. The van der Waals surface area contributed by atoms with E-state index >= 15 is 0 Å². The average Bonchev–Trinajstić information content (AvgIpc) is 2.90. The molecule has 0 atom stereocenters. The first-order valence-corrected chi connectivity index (χ1v) is 10.2. The highest BCUT2D eigenvalue weighted by Gasteiger charge is 2.24. The highest BCUT2D eigenvalue weighted by atomic mass is 35.5. The van der Waals surface area contributed by atoms with Crippen LogP contribution in [0.15, 0.2) is 36.4 Å². The molecule has 0 aliphatic carbocycles. The third-order valence-electron chi connectivity index (χ3n) is 5.11. The predicted octanol–water partition coefficient (Wildman–Crippen LogP) is 5.37. The fourth-order valence-corrected chi connectivity index (χ4v) is 4.15. The summed E-state index contributed by atoms with van der Waals surface area (Å²) >= 11 is 12.8. The molecule has 2 aliphatic rings. The van der Waals surface area contributed by atoms with E-state index in [1.807, 2.05) is 35.0 Å². The Morgan fingerprint density at radius 3 is 2.75 bits per heavy atom. The normalized spacial score (nSPS) is 15.5. The molecule has 0 spiro atoms. The molecule has 0 unspecified atom stereocenters. The van der Waals surface area contributed by atoms with Gasteiger partial charge in [0, 0.05) is 23.7 Å². The summed E-state index contributed by atoms with van der Waals surface area (Å²) in [6.45, 7) is 2.03. The molecule has 28 heavy (non-hydrogen) atoms. The molecular weight excluding hydrogens is 397 g/mol. The molecule has 0 bridgehead atoms. The monoisotopic (exact) mass is 415 g/mol. The number of aromatic nitrogens is 2. The molecule has 3 heterocycles. The second-order valence-corrected chi connectivity index (χ2v) is 7.69. The molecule has 3 aromatic rings. The summed E-state index contributed by atoms with van der Waals surface area (Å²) in [5.41, 5.74) is 3.80. The predicted molar refractivity (Wildman–Crippen MR) is 111 cm³/mol. The van der Waals surface area contributed by atoms with Crippen molar-refractivity contribution >= 4 is 29.0 Å². The molecule has 5 nitrogen and oxygen atoms in total. The number of nitrogens with zero attached hydrogens (tertiary/aromatic N) is 2. The van der Waals surface area contributed by atoms with Crippen LogP contribution in [0.3, 0.4) is 0 Å². The fraction of sp³-hybridized carbons (Fsp3) is 0.286.